The van der Waals surface area contributed by atoms with Crippen LogP contribution in [-0.2, 0) is 16.1 Å². The van der Waals surface area contributed by atoms with Crippen molar-refractivity contribution in [1.82, 2.24) is 9.55 Å². The van der Waals surface area contributed by atoms with E-state index in [4.69, 9.17) is 4.74 Å². The molecule has 1 heterocycles. The van der Waals surface area contributed by atoms with Gasteiger partial charge in [0.1, 0.15) is 0 Å². The van der Waals surface area contributed by atoms with Crippen molar-refractivity contribution in [2.45, 2.75) is 63.5 Å². The van der Waals surface area contributed by atoms with E-state index in [-0.39, 0.29) is 17.1 Å². The number of rotatable bonds is 6. The summed E-state index contributed by atoms with van der Waals surface area (Å²) in [5.41, 5.74) is 0.976. The van der Waals surface area contributed by atoms with Crippen LogP contribution in [-0.4, -0.2) is 32.8 Å². The number of H-pyrrole nitrogens is 1. The lowest BCUT2D eigenvalue weighted by Gasteiger charge is -2.60. The van der Waals surface area contributed by atoms with Crippen LogP contribution in [0.4, 0.5) is 0 Å². The van der Waals surface area contributed by atoms with Crippen LogP contribution in [0.1, 0.15) is 51.4 Å². The van der Waals surface area contributed by atoms with E-state index in [1.807, 2.05) is 24.3 Å². The summed E-state index contributed by atoms with van der Waals surface area (Å²) in [6.45, 7) is 0.836. The predicted molar refractivity (Wildman–Crippen MR) is 105 cm³/mol. The Morgan fingerprint density at radius 2 is 1.96 bits per heavy atom. The first-order valence-electron chi connectivity index (χ1n) is 10.5. The molecule has 0 aliphatic heterocycles. The Hall–Kier alpha value is -2.08. The molecule has 1 aromatic heterocycles. The quantitative estimate of drug-likeness (QED) is 0.592. The van der Waals surface area contributed by atoms with Crippen molar-refractivity contribution < 1.29 is 14.6 Å². The Labute approximate surface area is 163 Å². The fourth-order valence-corrected chi connectivity index (χ4v) is 6.70. The highest BCUT2D eigenvalue weighted by Crippen LogP contribution is 2.62. The number of imidazole rings is 1. The molecular formula is C22H28N2O4. The lowest BCUT2D eigenvalue weighted by molar-refractivity contribution is -0.176. The summed E-state index contributed by atoms with van der Waals surface area (Å²) in [6.07, 6.45) is 6.97. The van der Waals surface area contributed by atoms with Gasteiger partial charge in [0.2, 0.25) is 0 Å². The number of para-hydroxylation sites is 2. The third-order valence-corrected chi connectivity index (χ3v) is 7.14. The number of benzene rings is 1. The van der Waals surface area contributed by atoms with Gasteiger partial charge < -0.3 is 14.8 Å². The average molecular weight is 384 g/mol. The van der Waals surface area contributed by atoms with Crippen molar-refractivity contribution >= 4 is 17.0 Å². The van der Waals surface area contributed by atoms with E-state index in [1.54, 1.807) is 4.57 Å². The second kappa shape index (κ2) is 6.48. The maximum atomic E-state index is 12.5. The molecular weight excluding hydrogens is 356 g/mol. The molecule has 28 heavy (non-hydrogen) atoms. The molecule has 2 N–H and O–H groups in total. The van der Waals surface area contributed by atoms with Crippen molar-refractivity contribution in [1.29, 1.82) is 0 Å². The standard InChI is InChI=1S/C22H28N2O4/c25-19(13-21-9-15-8-16(10-21)12-22(27,11-15)14-21)28-7-3-6-24-18-5-2-1-4-17(18)23-20(24)26/h1-2,4-5,15-16,27H,3,6-14H2,(H,23,26)/t15-,16-,21?,22?/m1/s1. The fraction of sp³-hybridized carbons (Fsp3) is 0.636. The van der Waals surface area contributed by atoms with E-state index in [0.29, 0.717) is 37.8 Å². The Kier molecular flexibility index (Phi) is 4.16. The molecule has 6 rings (SSSR count). The molecule has 0 radical (unpaired) electrons. The average Bonchev–Trinajstić information content (AvgIpc) is 2.91. The molecule has 150 valence electrons. The maximum Gasteiger partial charge on any atom is 0.326 e. The van der Waals surface area contributed by atoms with Gasteiger partial charge in [-0.2, -0.15) is 0 Å². The van der Waals surface area contributed by atoms with Gasteiger partial charge in [0.05, 0.1) is 29.7 Å². The van der Waals surface area contributed by atoms with Crippen LogP contribution in [0.5, 0.6) is 0 Å². The third-order valence-electron chi connectivity index (χ3n) is 7.14. The minimum atomic E-state index is -0.541. The van der Waals surface area contributed by atoms with Crippen molar-refractivity contribution in [2.24, 2.45) is 17.3 Å². The summed E-state index contributed by atoms with van der Waals surface area (Å²) in [4.78, 5) is 27.4. The molecule has 4 saturated carbocycles. The van der Waals surface area contributed by atoms with Crippen LogP contribution < -0.4 is 5.69 Å². The number of esters is 1. The number of aryl methyl sites for hydroxylation is 1. The zero-order chi connectivity index (χ0) is 19.4. The highest BCUT2D eigenvalue weighted by molar-refractivity contribution is 5.74. The van der Waals surface area contributed by atoms with E-state index in [1.165, 1.54) is 6.42 Å². The first kappa shape index (κ1) is 18.0. The Morgan fingerprint density at radius 1 is 1.21 bits per heavy atom. The zero-order valence-electron chi connectivity index (χ0n) is 16.2. The van der Waals surface area contributed by atoms with Crippen LogP contribution >= 0.6 is 0 Å². The van der Waals surface area contributed by atoms with Gasteiger partial charge in [-0.15, -0.1) is 0 Å². The number of nitrogens with one attached hydrogen (secondary N) is 1. The van der Waals surface area contributed by atoms with Gasteiger partial charge in [0.25, 0.3) is 0 Å². The van der Waals surface area contributed by atoms with Crippen LogP contribution in [0.15, 0.2) is 29.1 Å². The number of carbonyl (C=O) groups excluding carboxylic acids is 1. The normalized spacial score (nSPS) is 33.5. The third kappa shape index (κ3) is 3.17. The Balaban J connectivity index is 1.15. The van der Waals surface area contributed by atoms with E-state index in [2.05, 4.69) is 4.98 Å². The summed E-state index contributed by atoms with van der Waals surface area (Å²) in [6, 6.07) is 7.60. The first-order valence-corrected chi connectivity index (χ1v) is 10.5. The fourth-order valence-electron chi connectivity index (χ4n) is 6.70. The number of carbonyl (C=O) groups is 1. The lowest BCUT2D eigenvalue weighted by atomic mass is 9.47. The van der Waals surface area contributed by atoms with Gasteiger partial charge >= 0.3 is 11.7 Å². The molecule has 4 bridgehead atoms. The number of ether oxygens (including phenoxy) is 1. The SMILES string of the molecule is O=C(CC12C[C@H]3C[C@@H](CC(O)(C3)C1)C2)OCCCn1c(=O)[nH]c2ccccc21. The van der Waals surface area contributed by atoms with E-state index in [9.17, 15) is 14.7 Å². The van der Waals surface area contributed by atoms with Gasteiger partial charge in [0.15, 0.2) is 0 Å². The van der Waals surface area contributed by atoms with Gasteiger partial charge in [-0.25, -0.2) is 4.79 Å². The molecule has 4 fully saturated rings. The highest BCUT2D eigenvalue weighted by atomic mass is 16.5. The number of hydrogen-bond donors (Lipinski definition) is 2. The number of aromatic nitrogens is 2. The Bertz CT molecular complexity index is 945. The van der Waals surface area contributed by atoms with Crippen LogP contribution in [0, 0.1) is 17.3 Å². The molecule has 0 spiro atoms. The molecule has 6 heteroatoms. The summed E-state index contributed by atoms with van der Waals surface area (Å²) in [5.74, 6) is 0.998. The molecule has 2 atom stereocenters. The van der Waals surface area contributed by atoms with Gasteiger partial charge in [0, 0.05) is 6.54 Å². The molecule has 6 nitrogen and oxygen atoms in total. The van der Waals surface area contributed by atoms with Gasteiger partial charge in [-0.1, -0.05) is 12.1 Å². The van der Waals surface area contributed by atoms with Crippen LogP contribution in [0.2, 0.25) is 0 Å². The molecule has 4 aliphatic carbocycles. The van der Waals surface area contributed by atoms with Crippen molar-refractivity contribution in [2.75, 3.05) is 6.61 Å². The monoisotopic (exact) mass is 384 g/mol. The molecule has 0 saturated heterocycles. The Morgan fingerprint density at radius 3 is 2.71 bits per heavy atom. The zero-order valence-corrected chi connectivity index (χ0v) is 16.2. The summed E-state index contributed by atoms with van der Waals surface area (Å²) < 4.78 is 7.21. The van der Waals surface area contributed by atoms with Crippen LogP contribution in [0.3, 0.4) is 0 Å². The van der Waals surface area contributed by atoms with Crippen molar-refractivity contribution in [3.05, 3.63) is 34.7 Å². The van der Waals surface area contributed by atoms with Crippen molar-refractivity contribution in [3.63, 3.8) is 0 Å². The van der Waals surface area contributed by atoms with Crippen LogP contribution in [0.25, 0.3) is 11.0 Å². The molecule has 0 unspecified atom stereocenters. The van der Waals surface area contributed by atoms with Gasteiger partial charge in [-0.3, -0.25) is 9.36 Å². The molecule has 0 amide bonds. The summed E-state index contributed by atoms with van der Waals surface area (Å²) in [7, 11) is 0. The number of fused-ring (bicyclic) bond motifs is 1. The van der Waals surface area contributed by atoms with E-state index < -0.39 is 5.60 Å². The summed E-state index contributed by atoms with van der Waals surface area (Å²) in [5, 5.41) is 10.8. The molecule has 1 aromatic carbocycles. The minimum Gasteiger partial charge on any atom is -0.466 e. The number of hydrogen-bond acceptors (Lipinski definition) is 4. The number of nitrogens with zero attached hydrogens (tertiary/aromatic N) is 1. The van der Waals surface area contributed by atoms with Gasteiger partial charge in [-0.05, 0) is 74.3 Å². The second-order valence-electron chi connectivity index (χ2n) is 9.54. The second-order valence-corrected chi connectivity index (χ2v) is 9.54. The maximum absolute atomic E-state index is 12.5. The largest absolute Gasteiger partial charge is 0.466 e. The molecule has 4 aliphatic rings. The smallest absolute Gasteiger partial charge is 0.326 e. The highest BCUT2D eigenvalue weighted by Gasteiger charge is 2.57. The van der Waals surface area contributed by atoms with E-state index >= 15 is 0 Å². The first-order chi connectivity index (χ1) is 13.4. The lowest BCUT2D eigenvalue weighted by Crippen LogP contribution is -2.56. The number of aliphatic hydroxyl groups is 1. The summed E-state index contributed by atoms with van der Waals surface area (Å²) >= 11 is 0. The molecule has 2 aromatic rings. The number of aromatic amines is 1. The van der Waals surface area contributed by atoms with Crippen molar-refractivity contribution in [3.8, 4) is 0 Å². The van der Waals surface area contributed by atoms with E-state index in [0.717, 1.165) is 43.1 Å². The topological polar surface area (TPSA) is 84.3 Å². The predicted octanol–water partition coefficient (Wildman–Crippen LogP) is 2.98. The minimum absolute atomic E-state index is 0.0519.